The molecule has 2 amide bonds. The fourth-order valence-corrected chi connectivity index (χ4v) is 2.51. The fraction of sp³-hybridized carbons (Fsp3) is 0.214. The van der Waals surface area contributed by atoms with E-state index >= 15 is 0 Å². The van der Waals surface area contributed by atoms with Gasteiger partial charge in [-0.25, -0.2) is 0 Å². The number of carbonyl (C=O) groups is 2. The smallest absolute Gasteiger partial charge is 0.262 e. The molecule has 0 unspecified atom stereocenters. The first kappa shape index (κ1) is 12.4. The Bertz CT molecular complexity index is 726. The molecule has 1 aromatic carbocycles. The van der Waals surface area contributed by atoms with Gasteiger partial charge in [0.1, 0.15) is 11.5 Å². The van der Waals surface area contributed by atoms with Gasteiger partial charge in [-0.05, 0) is 26.0 Å². The molecule has 0 saturated carbocycles. The van der Waals surface area contributed by atoms with Crippen LogP contribution in [0.5, 0.6) is 5.75 Å². The number of nitrogens with zero attached hydrogens (tertiary/aromatic N) is 1. The van der Waals surface area contributed by atoms with Gasteiger partial charge in [0, 0.05) is 5.56 Å². The van der Waals surface area contributed by atoms with Gasteiger partial charge in [0.2, 0.25) is 0 Å². The average Bonchev–Trinajstić information content (AvgIpc) is 2.90. The molecule has 2 heterocycles. The minimum atomic E-state index is -0.449. The number of amides is 2. The molecular weight excluding hydrogens is 260 g/mol. The van der Waals surface area contributed by atoms with Crippen LogP contribution in [0.3, 0.4) is 0 Å². The summed E-state index contributed by atoms with van der Waals surface area (Å²) in [6.45, 7) is 3.59. The first-order valence-electron chi connectivity index (χ1n) is 6.04. The number of methoxy groups -OCH3 is 1. The predicted molar refractivity (Wildman–Crippen MR) is 69.8 cm³/mol. The molecule has 3 rings (SSSR count). The second-order valence-electron chi connectivity index (χ2n) is 4.55. The van der Waals surface area contributed by atoms with Crippen LogP contribution in [0, 0.1) is 13.8 Å². The third kappa shape index (κ3) is 1.54. The molecule has 0 fully saturated rings. The molecule has 0 saturated heterocycles. The zero-order chi connectivity index (χ0) is 14.4. The molecule has 1 N–H and O–H groups in total. The minimum absolute atomic E-state index is 0.259. The Kier molecular flexibility index (Phi) is 2.60. The highest BCUT2D eigenvalue weighted by molar-refractivity contribution is 6.23. The summed E-state index contributed by atoms with van der Waals surface area (Å²) in [5, 5.41) is 6.16. The van der Waals surface area contributed by atoms with Gasteiger partial charge in [-0.15, -0.1) is 0 Å². The molecule has 1 aromatic heterocycles. The number of imide groups is 1. The van der Waals surface area contributed by atoms with Gasteiger partial charge in [-0.1, -0.05) is 5.16 Å². The molecule has 1 aliphatic rings. The maximum Gasteiger partial charge on any atom is 0.262 e. The highest BCUT2D eigenvalue weighted by Gasteiger charge is 2.33. The maximum atomic E-state index is 11.9. The molecule has 0 spiro atoms. The topological polar surface area (TPSA) is 81.4 Å². The van der Waals surface area contributed by atoms with E-state index in [1.165, 1.54) is 7.11 Å². The van der Waals surface area contributed by atoms with Gasteiger partial charge in [0.25, 0.3) is 11.8 Å². The van der Waals surface area contributed by atoms with Crippen LogP contribution in [0.1, 0.15) is 32.2 Å². The van der Waals surface area contributed by atoms with Crippen LogP contribution in [0.25, 0.3) is 11.1 Å². The maximum absolute atomic E-state index is 11.9. The van der Waals surface area contributed by atoms with Crippen molar-refractivity contribution in [1.82, 2.24) is 10.5 Å². The van der Waals surface area contributed by atoms with Gasteiger partial charge < -0.3 is 9.26 Å². The van der Waals surface area contributed by atoms with E-state index in [0.717, 1.165) is 5.56 Å². The van der Waals surface area contributed by atoms with Crippen LogP contribution in [-0.4, -0.2) is 24.1 Å². The lowest BCUT2D eigenvalue weighted by Gasteiger charge is -2.11. The van der Waals surface area contributed by atoms with Crippen LogP contribution in [0.2, 0.25) is 0 Å². The zero-order valence-electron chi connectivity index (χ0n) is 11.2. The Morgan fingerprint density at radius 2 is 1.80 bits per heavy atom. The summed E-state index contributed by atoms with van der Waals surface area (Å²) >= 11 is 0. The predicted octanol–water partition coefficient (Wildman–Crippen LogP) is 1.85. The summed E-state index contributed by atoms with van der Waals surface area (Å²) in [4.78, 5) is 23.6. The number of aromatic nitrogens is 1. The summed E-state index contributed by atoms with van der Waals surface area (Å²) in [6.07, 6.45) is 0. The molecule has 2 aromatic rings. The van der Waals surface area contributed by atoms with E-state index < -0.39 is 11.8 Å². The van der Waals surface area contributed by atoms with Crippen molar-refractivity contribution in [1.29, 1.82) is 0 Å². The largest absolute Gasteiger partial charge is 0.495 e. The average molecular weight is 272 g/mol. The Morgan fingerprint density at radius 1 is 1.10 bits per heavy atom. The minimum Gasteiger partial charge on any atom is -0.495 e. The van der Waals surface area contributed by atoms with Crippen molar-refractivity contribution in [2.45, 2.75) is 13.8 Å². The Morgan fingerprint density at radius 3 is 2.40 bits per heavy atom. The molecule has 0 radical (unpaired) electrons. The van der Waals surface area contributed by atoms with Crippen LogP contribution in [0.4, 0.5) is 0 Å². The number of ether oxygens (including phenoxy) is 1. The molecule has 0 aliphatic carbocycles. The van der Waals surface area contributed by atoms with Crippen LogP contribution >= 0.6 is 0 Å². The number of benzene rings is 1. The molecule has 20 heavy (non-hydrogen) atoms. The number of aryl methyl sites for hydroxylation is 2. The van der Waals surface area contributed by atoms with Crippen molar-refractivity contribution in [3.63, 3.8) is 0 Å². The van der Waals surface area contributed by atoms with Crippen LogP contribution < -0.4 is 10.1 Å². The number of hydrogen-bond acceptors (Lipinski definition) is 5. The van der Waals surface area contributed by atoms with Crippen molar-refractivity contribution in [3.8, 4) is 16.9 Å². The first-order valence-corrected chi connectivity index (χ1v) is 6.04. The Hall–Kier alpha value is -2.63. The summed E-state index contributed by atoms with van der Waals surface area (Å²) in [7, 11) is 1.47. The third-order valence-electron chi connectivity index (χ3n) is 3.36. The SMILES string of the molecule is COc1c(-c2c(C)noc2C)ccc2c1C(=O)NC2=O. The standard InChI is InChI=1S/C14H12N2O4/c1-6-10(7(2)20-16-6)8-4-5-9-11(12(8)19-3)14(18)15-13(9)17/h4-5H,1-3H3,(H,15,17,18). The molecule has 6 nitrogen and oxygen atoms in total. The van der Waals surface area contributed by atoms with Gasteiger partial charge in [-0.3, -0.25) is 14.9 Å². The number of hydrogen-bond donors (Lipinski definition) is 1. The summed E-state index contributed by atoms with van der Waals surface area (Å²) in [5.41, 5.74) is 2.74. The van der Waals surface area contributed by atoms with Crippen molar-refractivity contribution in [2.75, 3.05) is 7.11 Å². The molecule has 6 heteroatoms. The molecular formula is C14H12N2O4. The highest BCUT2D eigenvalue weighted by Crippen LogP contribution is 2.39. The number of fused-ring (bicyclic) bond motifs is 1. The molecule has 0 bridgehead atoms. The lowest BCUT2D eigenvalue weighted by atomic mass is 9.97. The molecule has 0 atom stereocenters. The van der Waals surface area contributed by atoms with Gasteiger partial charge >= 0.3 is 0 Å². The lowest BCUT2D eigenvalue weighted by molar-refractivity contribution is 0.0879. The Balaban J connectivity index is 2.33. The van der Waals surface area contributed by atoms with E-state index in [2.05, 4.69) is 10.5 Å². The van der Waals surface area contributed by atoms with Gasteiger partial charge in [-0.2, -0.15) is 0 Å². The zero-order valence-corrected chi connectivity index (χ0v) is 11.2. The second-order valence-corrected chi connectivity index (χ2v) is 4.55. The quantitative estimate of drug-likeness (QED) is 0.844. The molecule has 1 aliphatic heterocycles. The third-order valence-corrected chi connectivity index (χ3v) is 3.36. The van der Waals surface area contributed by atoms with Crippen molar-refractivity contribution in [3.05, 3.63) is 34.7 Å². The van der Waals surface area contributed by atoms with Gasteiger partial charge in [0.15, 0.2) is 0 Å². The van der Waals surface area contributed by atoms with E-state index in [1.807, 2.05) is 6.92 Å². The number of rotatable bonds is 2. The van der Waals surface area contributed by atoms with Crippen molar-refractivity contribution >= 4 is 11.8 Å². The lowest BCUT2D eigenvalue weighted by Crippen LogP contribution is -2.20. The van der Waals surface area contributed by atoms with E-state index in [9.17, 15) is 9.59 Å². The first-order chi connectivity index (χ1) is 9.54. The van der Waals surface area contributed by atoms with Crippen molar-refractivity contribution < 1.29 is 18.8 Å². The van der Waals surface area contributed by atoms with Crippen LogP contribution in [-0.2, 0) is 0 Å². The summed E-state index contributed by atoms with van der Waals surface area (Å²) < 4.78 is 10.5. The van der Waals surface area contributed by atoms with E-state index in [1.54, 1.807) is 19.1 Å². The normalized spacial score (nSPS) is 13.3. The van der Waals surface area contributed by atoms with E-state index in [-0.39, 0.29) is 5.56 Å². The van der Waals surface area contributed by atoms with E-state index in [0.29, 0.717) is 28.3 Å². The van der Waals surface area contributed by atoms with E-state index in [4.69, 9.17) is 9.26 Å². The second kappa shape index (κ2) is 4.19. The monoisotopic (exact) mass is 272 g/mol. The summed E-state index contributed by atoms with van der Waals surface area (Å²) in [5.74, 6) is 0.134. The highest BCUT2D eigenvalue weighted by atomic mass is 16.5. The van der Waals surface area contributed by atoms with Crippen molar-refractivity contribution in [2.24, 2.45) is 0 Å². The van der Waals surface area contributed by atoms with Gasteiger partial charge in [0.05, 0.1) is 29.5 Å². The number of carbonyl (C=O) groups excluding carboxylic acids is 2. The fourth-order valence-electron chi connectivity index (χ4n) is 2.51. The summed E-state index contributed by atoms with van der Waals surface area (Å²) in [6, 6.07) is 3.35. The van der Waals surface area contributed by atoms with Crippen LogP contribution in [0.15, 0.2) is 16.7 Å². The molecule has 102 valence electrons. The number of nitrogens with one attached hydrogen (secondary N) is 1. The Labute approximate surface area is 114 Å².